The Bertz CT molecular complexity index is 449. The lowest BCUT2D eigenvalue weighted by Crippen LogP contribution is -2.42. The van der Waals surface area contributed by atoms with Gasteiger partial charge in [0.15, 0.2) is 0 Å². The molecule has 0 aliphatic heterocycles. The molecule has 0 saturated heterocycles. The van der Waals surface area contributed by atoms with Gasteiger partial charge in [0.25, 0.3) is 0 Å². The largest absolute Gasteiger partial charge is 0.352 e. The fourth-order valence-corrected chi connectivity index (χ4v) is 2.39. The van der Waals surface area contributed by atoms with E-state index in [4.69, 9.17) is 5.73 Å². The lowest BCUT2D eigenvalue weighted by atomic mass is 10.1. The highest BCUT2D eigenvalue weighted by atomic mass is 79.9. The summed E-state index contributed by atoms with van der Waals surface area (Å²) >= 11 is 3.11. The van der Waals surface area contributed by atoms with Gasteiger partial charge in [-0.2, -0.15) is 0 Å². The molecule has 1 unspecified atom stereocenters. The first kappa shape index (κ1) is 13.5. The molecule has 3 N–H and O–H groups in total. The Morgan fingerprint density at radius 3 is 2.83 bits per heavy atom. The van der Waals surface area contributed by atoms with E-state index in [1.54, 1.807) is 12.1 Å². The molecule has 0 radical (unpaired) electrons. The molecule has 0 bridgehead atoms. The van der Waals surface area contributed by atoms with Crippen LogP contribution in [0.25, 0.3) is 0 Å². The van der Waals surface area contributed by atoms with E-state index in [0.717, 1.165) is 18.4 Å². The van der Waals surface area contributed by atoms with E-state index >= 15 is 0 Å². The molecule has 5 heteroatoms. The van der Waals surface area contributed by atoms with Crippen molar-refractivity contribution in [1.82, 2.24) is 5.32 Å². The van der Waals surface area contributed by atoms with Crippen LogP contribution < -0.4 is 11.1 Å². The van der Waals surface area contributed by atoms with Gasteiger partial charge in [-0.1, -0.05) is 6.07 Å². The van der Waals surface area contributed by atoms with E-state index < -0.39 is 0 Å². The van der Waals surface area contributed by atoms with Gasteiger partial charge in [-0.25, -0.2) is 4.39 Å². The maximum atomic E-state index is 13.1. The summed E-state index contributed by atoms with van der Waals surface area (Å²) < 4.78 is 13.4. The Morgan fingerprint density at radius 1 is 1.56 bits per heavy atom. The summed E-state index contributed by atoms with van der Waals surface area (Å²) in [6.07, 6.45) is 2.54. The zero-order valence-corrected chi connectivity index (χ0v) is 11.5. The molecular weight excluding hydrogens is 299 g/mol. The van der Waals surface area contributed by atoms with Crippen molar-refractivity contribution in [1.29, 1.82) is 0 Å². The second-order valence-electron chi connectivity index (χ2n) is 4.67. The quantitative estimate of drug-likeness (QED) is 0.873. The Balaban J connectivity index is 1.91. The SMILES string of the molecule is NCC(NC(=O)Cc1ccc(F)c(Br)c1)C1CC1. The van der Waals surface area contributed by atoms with E-state index in [1.807, 2.05) is 0 Å². The number of hydrogen-bond acceptors (Lipinski definition) is 2. The zero-order chi connectivity index (χ0) is 13.1. The third kappa shape index (κ3) is 3.53. The van der Waals surface area contributed by atoms with E-state index in [-0.39, 0.29) is 24.2 Å². The van der Waals surface area contributed by atoms with Crippen molar-refractivity contribution in [3.8, 4) is 0 Å². The van der Waals surface area contributed by atoms with Gasteiger partial charge < -0.3 is 11.1 Å². The first-order chi connectivity index (χ1) is 8.60. The van der Waals surface area contributed by atoms with Crippen molar-refractivity contribution in [3.63, 3.8) is 0 Å². The van der Waals surface area contributed by atoms with E-state index in [0.29, 0.717) is 16.9 Å². The Morgan fingerprint density at radius 2 is 2.28 bits per heavy atom. The highest BCUT2D eigenvalue weighted by molar-refractivity contribution is 9.10. The maximum absolute atomic E-state index is 13.1. The predicted octanol–water partition coefficient (Wildman–Crippen LogP) is 1.98. The van der Waals surface area contributed by atoms with Crippen LogP contribution in [-0.4, -0.2) is 18.5 Å². The van der Waals surface area contributed by atoms with E-state index in [2.05, 4.69) is 21.2 Å². The zero-order valence-electron chi connectivity index (χ0n) is 9.96. The monoisotopic (exact) mass is 314 g/mol. The van der Waals surface area contributed by atoms with Crippen LogP contribution in [0.1, 0.15) is 18.4 Å². The van der Waals surface area contributed by atoms with Crippen LogP contribution in [0.3, 0.4) is 0 Å². The Kier molecular flexibility index (Phi) is 4.35. The van der Waals surface area contributed by atoms with Crippen molar-refractivity contribution in [3.05, 3.63) is 34.1 Å². The Labute approximate surface area is 114 Å². The fourth-order valence-electron chi connectivity index (χ4n) is 1.96. The highest BCUT2D eigenvalue weighted by Gasteiger charge is 2.31. The molecule has 0 heterocycles. The number of hydrogen-bond donors (Lipinski definition) is 2. The number of carbonyl (C=O) groups is 1. The summed E-state index contributed by atoms with van der Waals surface area (Å²) in [5.74, 6) is 0.159. The van der Waals surface area contributed by atoms with Crippen LogP contribution in [0.4, 0.5) is 4.39 Å². The van der Waals surface area contributed by atoms with Crippen molar-refractivity contribution >= 4 is 21.8 Å². The fraction of sp³-hybridized carbons (Fsp3) is 0.462. The van der Waals surface area contributed by atoms with Gasteiger partial charge >= 0.3 is 0 Å². The van der Waals surface area contributed by atoms with Crippen molar-refractivity contribution in [2.45, 2.75) is 25.3 Å². The summed E-state index contributed by atoms with van der Waals surface area (Å²) in [4.78, 5) is 11.8. The number of benzene rings is 1. The minimum atomic E-state index is -0.322. The molecule has 1 aliphatic carbocycles. The molecule has 1 fully saturated rings. The standard InChI is InChI=1S/C13H16BrFN2O/c14-10-5-8(1-4-11(10)15)6-13(18)17-12(7-16)9-2-3-9/h1,4-5,9,12H,2-3,6-7,16H2,(H,17,18). The summed E-state index contributed by atoms with van der Waals surface area (Å²) in [5, 5.41) is 2.94. The maximum Gasteiger partial charge on any atom is 0.224 e. The van der Waals surface area contributed by atoms with Gasteiger partial charge in [-0.05, 0) is 52.4 Å². The summed E-state index contributed by atoms with van der Waals surface area (Å²) in [5.41, 5.74) is 6.41. The molecule has 0 aromatic heterocycles. The predicted molar refractivity (Wildman–Crippen MR) is 71.5 cm³/mol. The van der Waals surface area contributed by atoms with Crippen LogP contribution in [-0.2, 0) is 11.2 Å². The van der Waals surface area contributed by atoms with Crippen molar-refractivity contribution in [2.75, 3.05) is 6.54 Å². The molecule has 0 spiro atoms. The lowest BCUT2D eigenvalue weighted by Gasteiger charge is -2.16. The summed E-state index contributed by atoms with van der Waals surface area (Å²) in [6, 6.07) is 4.69. The topological polar surface area (TPSA) is 55.1 Å². The van der Waals surface area contributed by atoms with Crippen LogP contribution in [0.15, 0.2) is 22.7 Å². The molecular formula is C13H16BrFN2O. The molecule has 1 amide bonds. The number of nitrogens with two attached hydrogens (primary N) is 1. The summed E-state index contributed by atoms with van der Waals surface area (Å²) in [6.45, 7) is 0.476. The van der Waals surface area contributed by atoms with Crippen molar-refractivity contribution < 1.29 is 9.18 Å². The average molecular weight is 315 g/mol. The molecule has 98 valence electrons. The number of amides is 1. The molecule has 1 aliphatic rings. The molecule has 1 aromatic carbocycles. The average Bonchev–Trinajstić information content (AvgIpc) is 3.15. The van der Waals surface area contributed by atoms with Crippen molar-refractivity contribution in [2.24, 2.45) is 11.7 Å². The molecule has 3 nitrogen and oxygen atoms in total. The minimum absolute atomic E-state index is 0.0594. The molecule has 1 saturated carbocycles. The van der Waals surface area contributed by atoms with Gasteiger partial charge in [-0.3, -0.25) is 4.79 Å². The number of rotatable bonds is 5. The van der Waals surface area contributed by atoms with E-state index in [1.165, 1.54) is 6.07 Å². The first-order valence-electron chi connectivity index (χ1n) is 6.03. The normalized spacial score (nSPS) is 16.4. The first-order valence-corrected chi connectivity index (χ1v) is 6.83. The Hall–Kier alpha value is -0.940. The van der Waals surface area contributed by atoms with Crippen LogP contribution in [0, 0.1) is 11.7 Å². The highest BCUT2D eigenvalue weighted by Crippen LogP contribution is 2.32. The van der Waals surface area contributed by atoms with Gasteiger partial charge in [0, 0.05) is 12.6 Å². The van der Waals surface area contributed by atoms with Gasteiger partial charge in [0.05, 0.1) is 10.9 Å². The minimum Gasteiger partial charge on any atom is -0.352 e. The number of nitrogens with one attached hydrogen (secondary N) is 1. The molecule has 18 heavy (non-hydrogen) atoms. The van der Waals surface area contributed by atoms with Gasteiger partial charge in [0.1, 0.15) is 5.82 Å². The van der Waals surface area contributed by atoms with E-state index in [9.17, 15) is 9.18 Å². The second-order valence-corrected chi connectivity index (χ2v) is 5.53. The van der Waals surface area contributed by atoms with Gasteiger partial charge in [-0.15, -0.1) is 0 Å². The van der Waals surface area contributed by atoms with Crippen LogP contribution >= 0.6 is 15.9 Å². The third-order valence-corrected chi connectivity index (χ3v) is 3.75. The third-order valence-electron chi connectivity index (χ3n) is 3.14. The second kappa shape index (κ2) is 5.80. The summed E-state index contributed by atoms with van der Waals surface area (Å²) in [7, 11) is 0. The smallest absolute Gasteiger partial charge is 0.224 e. The van der Waals surface area contributed by atoms with Gasteiger partial charge in [0.2, 0.25) is 5.91 Å². The number of carbonyl (C=O) groups excluding carboxylic acids is 1. The molecule has 1 atom stereocenters. The number of halogens is 2. The van der Waals surface area contributed by atoms with Crippen LogP contribution in [0.2, 0.25) is 0 Å². The molecule has 2 rings (SSSR count). The van der Waals surface area contributed by atoms with Crippen LogP contribution in [0.5, 0.6) is 0 Å². The lowest BCUT2D eigenvalue weighted by molar-refractivity contribution is -0.121. The molecule has 1 aromatic rings.